The summed E-state index contributed by atoms with van der Waals surface area (Å²) in [6.45, 7) is 11.1. The first-order chi connectivity index (χ1) is 12.2. The van der Waals surface area contributed by atoms with Crippen LogP contribution < -0.4 is 5.32 Å². The van der Waals surface area contributed by atoms with Crippen molar-refractivity contribution in [3.05, 3.63) is 35.4 Å². The summed E-state index contributed by atoms with van der Waals surface area (Å²) >= 11 is 0. The third kappa shape index (κ3) is 7.04. The maximum atomic E-state index is 12.5. The summed E-state index contributed by atoms with van der Waals surface area (Å²) in [4.78, 5) is 16.9. The van der Waals surface area contributed by atoms with Crippen molar-refractivity contribution in [2.75, 3.05) is 45.9 Å². The predicted molar refractivity (Wildman–Crippen MR) is 102 cm³/mol. The molecule has 1 saturated heterocycles. The van der Waals surface area contributed by atoms with E-state index in [1.54, 1.807) is 0 Å². The van der Waals surface area contributed by atoms with Crippen molar-refractivity contribution in [3.8, 4) is 0 Å². The molecular weight excluding hydrogens is 314 g/mol. The number of hydrogen-bond donors (Lipinski definition) is 1. The maximum Gasteiger partial charge on any atom is 0.317 e. The van der Waals surface area contributed by atoms with Gasteiger partial charge in [0.15, 0.2) is 0 Å². The summed E-state index contributed by atoms with van der Waals surface area (Å²) < 4.78 is 5.39. The Morgan fingerprint density at radius 2 is 1.84 bits per heavy atom. The van der Waals surface area contributed by atoms with Gasteiger partial charge in [0.25, 0.3) is 0 Å². The summed E-state index contributed by atoms with van der Waals surface area (Å²) in [5.74, 6) is 0. The van der Waals surface area contributed by atoms with Gasteiger partial charge in [0.1, 0.15) is 0 Å². The van der Waals surface area contributed by atoms with Gasteiger partial charge in [-0.25, -0.2) is 4.79 Å². The van der Waals surface area contributed by atoms with Crippen molar-refractivity contribution in [1.29, 1.82) is 0 Å². The summed E-state index contributed by atoms with van der Waals surface area (Å²) in [6, 6.07) is 8.64. The van der Waals surface area contributed by atoms with E-state index in [1.165, 1.54) is 11.1 Å². The summed E-state index contributed by atoms with van der Waals surface area (Å²) in [6.07, 6.45) is 2.99. The molecule has 1 N–H and O–H groups in total. The summed E-state index contributed by atoms with van der Waals surface area (Å²) in [5, 5.41) is 3.02. The van der Waals surface area contributed by atoms with Crippen LogP contribution in [0, 0.1) is 0 Å². The van der Waals surface area contributed by atoms with Crippen LogP contribution in [0.25, 0.3) is 0 Å². The third-order valence-corrected chi connectivity index (χ3v) is 4.62. The van der Waals surface area contributed by atoms with E-state index in [0.29, 0.717) is 6.54 Å². The number of ether oxygens (including phenoxy) is 1. The minimum absolute atomic E-state index is 0.0448. The van der Waals surface area contributed by atoms with Crippen molar-refractivity contribution in [3.63, 3.8) is 0 Å². The second kappa shape index (κ2) is 11.1. The number of amides is 2. The second-order valence-corrected chi connectivity index (χ2v) is 6.63. The molecule has 1 aliphatic heterocycles. The van der Waals surface area contributed by atoms with Crippen molar-refractivity contribution in [2.45, 2.75) is 39.7 Å². The average molecular weight is 348 g/mol. The van der Waals surface area contributed by atoms with Crippen LogP contribution in [0.1, 0.15) is 37.8 Å². The van der Waals surface area contributed by atoms with Crippen LogP contribution in [0.5, 0.6) is 0 Å². The Labute approximate surface area is 152 Å². The van der Waals surface area contributed by atoms with E-state index in [2.05, 4.69) is 48.3 Å². The van der Waals surface area contributed by atoms with Gasteiger partial charge in [0, 0.05) is 39.3 Å². The molecule has 1 fully saturated rings. The second-order valence-electron chi connectivity index (χ2n) is 6.63. The molecule has 0 bridgehead atoms. The van der Waals surface area contributed by atoms with Crippen LogP contribution in [0.4, 0.5) is 4.79 Å². The molecule has 0 aliphatic carbocycles. The van der Waals surface area contributed by atoms with Crippen molar-refractivity contribution >= 4 is 6.03 Å². The number of morpholine rings is 1. The van der Waals surface area contributed by atoms with Crippen LogP contribution in [-0.2, 0) is 17.7 Å². The van der Waals surface area contributed by atoms with Gasteiger partial charge in [0.2, 0.25) is 0 Å². The molecule has 0 unspecified atom stereocenters. The lowest BCUT2D eigenvalue weighted by Gasteiger charge is -2.28. The van der Waals surface area contributed by atoms with Crippen molar-refractivity contribution < 1.29 is 9.53 Å². The third-order valence-electron chi connectivity index (χ3n) is 4.62. The number of rotatable bonds is 9. The Hall–Kier alpha value is -1.59. The zero-order valence-electron chi connectivity index (χ0n) is 15.8. The highest BCUT2D eigenvalue weighted by Gasteiger charge is 2.15. The van der Waals surface area contributed by atoms with E-state index < -0.39 is 0 Å². The molecule has 1 aliphatic rings. The molecule has 5 heteroatoms. The molecule has 2 amide bonds. The molecular formula is C20H33N3O2. The van der Waals surface area contributed by atoms with Crippen molar-refractivity contribution in [2.24, 2.45) is 0 Å². The molecule has 1 aromatic carbocycles. The monoisotopic (exact) mass is 347 g/mol. The molecule has 140 valence electrons. The fourth-order valence-electron chi connectivity index (χ4n) is 3.01. The van der Waals surface area contributed by atoms with Gasteiger partial charge in [-0.15, -0.1) is 0 Å². The Balaban J connectivity index is 1.87. The summed E-state index contributed by atoms with van der Waals surface area (Å²) in [7, 11) is 0. The van der Waals surface area contributed by atoms with Crippen LogP contribution in [0.2, 0.25) is 0 Å². The van der Waals surface area contributed by atoms with Gasteiger partial charge in [-0.2, -0.15) is 0 Å². The van der Waals surface area contributed by atoms with Crippen LogP contribution in [-0.4, -0.2) is 61.8 Å². The highest BCUT2D eigenvalue weighted by molar-refractivity contribution is 5.74. The van der Waals surface area contributed by atoms with E-state index in [1.807, 2.05) is 4.90 Å². The maximum absolute atomic E-state index is 12.5. The van der Waals surface area contributed by atoms with Crippen LogP contribution in [0.3, 0.4) is 0 Å². The zero-order valence-corrected chi connectivity index (χ0v) is 15.8. The van der Waals surface area contributed by atoms with E-state index in [-0.39, 0.29) is 6.03 Å². The van der Waals surface area contributed by atoms with Crippen LogP contribution >= 0.6 is 0 Å². The molecule has 1 aromatic rings. The first-order valence-corrected chi connectivity index (χ1v) is 9.63. The fraction of sp³-hybridized carbons (Fsp3) is 0.650. The van der Waals surface area contributed by atoms with Gasteiger partial charge in [-0.3, -0.25) is 4.90 Å². The number of benzene rings is 1. The zero-order chi connectivity index (χ0) is 17.9. The molecule has 25 heavy (non-hydrogen) atoms. The molecule has 0 spiro atoms. The van der Waals surface area contributed by atoms with E-state index in [0.717, 1.165) is 65.2 Å². The highest BCUT2D eigenvalue weighted by Crippen LogP contribution is 2.10. The number of aryl methyl sites for hydroxylation is 1. The number of nitrogens with one attached hydrogen (secondary N) is 1. The lowest BCUT2D eigenvalue weighted by Crippen LogP contribution is -2.42. The van der Waals surface area contributed by atoms with Gasteiger partial charge < -0.3 is 15.0 Å². The molecule has 0 atom stereocenters. The molecule has 0 aromatic heterocycles. The summed E-state index contributed by atoms with van der Waals surface area (Å²) in [5.41, 5.74) is 2.52. The van der Waals surface area contributed by atoms with Gasteiger partial charge >= 0.3 is 6.03 Å². The number of urea groups is 1. The largest absolute Gasteiger partial charge is 0.379 e. The molecule has 0 saturated carbocycles. The molecule has 2 rings (SSSR count). The lowest BCUT2D eigenvalue weighted by molar-refractivity contribution is 0.0364. The van der Waals surface area contributed by atoms with Crippen molar-refractivity contribution in [1.82, 2.24) is 15.1 Å². The standard InChI is InChI=1S/C20H33N3O2/c1-3-10-21-20(24)23(12-5-11-22-13-15-25-16-14-22)17-19-8-6-18(4-2)7-9-19/h6-9H,3-5,10-17H2,1-2H3,(H,21,24). The van der Waals surface area contributed by atoms with Gasteiger partial charge in [-0.1, -0.05) is 38.1 Å². The fourth-order valence-corrected chi connectivity index (χ4v) is 3.01. The molecule has 0 radical (unpaired) electrons. The normalized spacial score (nSPS) is 15.1. The Kier molecular flexibility index (Phi) is 8.77. The van der Waals surface area contributed by atoms with Gasteiger partial charge in [0.05, 0.1) is 13.2 Å². The smallest absolute Gasteiger partial charge is 0.317 e. The first kappa shape index (κ1) is 19.7. The average Bonchev–Trinajstić information content (AvgIpc) is 2.66. The van der Waals surface area contributed by atoms with Gasteiger partial charge in [-0.05, 0) is 30.4 Å². The Morgan fingerprint density at radius 1 is 1.16 bits per heavy atom. The topological polar surface area (TPSA) is 44.8 Å². The lowest BCUT2D eigenvalue weighted by atomic mass is 10.1. The predicted octanol–water partition coefficient (Wildman–Crippen LogP) is 2.89. The Morgan fingerprint density at radius 3 is 2.48 bits per heavy atom. The highest BCUT2D eigenvalue weighted by atomic mass is 16.5. The minimum Gasteiger partial charge on any atom is -0.379 e. The molecule has 1 heterocycles. The quantitative estimate of drug-likeness (QED) is 0.747. The molecule has 5 nitrogen and oxygen atoms in total. The number of carbonyl (C=O) groups excluding carboxylic acids is 1. The number of nitrogens with zero attached hydrogens (tertiary/aromatic N) is 2. The van der Waals surface area contributed by atoms with E-state index in [9.17, 15) is 4.79 Å². The van der Waals surface area contributed by atoms with E-state index in [4.69, 9.17) is 4.74 Å². The minimum atomic E-state index is 0.0448. The van der Waals surface area contributed by atoms with E-state index >= 15 is 0 Å². The van der Waals surface area contributed by atoms with Crippen LogP contribution in [0.15, 0.2) is 24.3 Å². The Bertz CT molecular complexity index is 498. The first-order valence-electron chi connectivity index (χ1n) is 9.63. The SMILES string of the molecule is CCCNC(=O)N(CCCN1CCOCC1)Cc1ccc(CC)cc1. The number of hydrogen-bond acceptors (Lipinski definition) is 3. The number of carbonyl (C=O) groups is 1.